The summed E-state index contributed by atoms with van der Waals surface area (Å²) in [6.45, 7) is 3.98. The van der Waals surface area contributed by atoms with Crippen molar-refractivity contribution in [3.8, 4) is 0 Å². The molecule has 1 aromatic rings. The molecular weight excluding hydrogens is 270 g/mol. The molecule has 3 nitrogen and oxygen atoms in total. The van der Waals surface area contributed by atoms with Crippen LogP contribution in [0.3, 0.4) is 0 Å². The molecule has 0 aliphatic heterocycles. The Balaban J connectivity index is 2.55. The highest BCUT2D eigenvalue weighted by atomic mass is 32.2. The second kappa shape index (κ2) is 7.45. The topological polar surface area (TPSA) is 55.1 Å². The van der Waals surface area contributed by atoms with Crippen LogP contribution in [0.4, 0.5) is 14.5 Å². The number of carbonyl (C=O) groups excluding carboxylic acids is 1. The van der Waals surface area contributed by atoms with Gasteiger partial charge in [0.25, 0.3) is 5.76 Å². The molecule has 1 aromatic carbocycles. The number of benzene rings is 1. The molecule has 0 saturated heterocycles. The van der Waals surface area contributed by atoms with Crippen molar-refractivity contribution >= 4 is 23.4 Å². The summed E-state index contributed by atoms with van der Waals surface area (Å²) in [5.41, 5.74) is 6.30. The van der Waals surface area contributed by atoms with Crippen LogP contribution < -0.4 is 11.1 Å². The molecule has 0 aromatic heterocycles. The van der Waals surface area contributed by atoms with Gasteiger partial charge in [0, 0.05) is 10.6 Å². The second-order valence-electron chi connectivity index (χ2n) is 4.63. The maximum atomic E-state index is 12.1. The summed E-state index contributed by atoms with van der Waals surface area (Å²) in [5, 5.41) is 2.67. The molecule has 1 amide bonds. The molecule has 0 spiro atoms. The van der Waals surface area contributed by atoms with E-state index >= 15 is 0 Å². The molecule has 0 aliphatic carbocycles. The van der Waals surface area contributed by atoms with E-state index < -0.39 is 11.8 Å². The van der Waals surface area contributed by atoms with Crippen molar-refractivity contribution in [3.63, 3.8) is 0 Å². The van der Waals surface area contributed by atoms with Crippen molar-refractivity contribution in [2.24, 2.45) is 11.7 Å². The molecule has 0 heterocycles. The minimum absolute atomic E-state index is 0.261. The van der Waals surface area contributed by atoms with E-state index in [1.165, 1.54) is 0 Å². The lowest BCUT2D eigenvalue weighted by molar-refractivity contribution is -0.117. The van der Waals surface area contributed by atoms with Crippen LogP contribution in [0.25, 0.3) is 0 Å². The van der Waals surface area contributed by atoms with Gasteiger partial charge in [-0.05, 0) is 36.6 Å². The molecule has 1 rings (SSSR count). The van der Waals surface area contributed by atoms with Crippen LogP contribution in [0, 0.1) is 5.92 Å². The number of nitrogens with one attached hydrogen (secondary N) is 1. The van der Waals surface area contributed by atoms with Gasteiger partial charge in [-0.3, -0.25) is 4.79 Å². The molecule has 6 heteroatoms. The molecule has 1 atom stereocenters. The van der Waals surface area contributed by atoms with Crippen LogP contribution in [0.5, 0.6) is 0 Å². The molecule has 0 bridgehead atoms. The summed E-state index contributed by atoms with van der Waals surface area (Å²) in [7, 11) is 0. The highest BCUT2D eigenvalue weighted by Gasteiger charge is 2.15. The standard InChI is InChI=1S/C13H18F2N2OS/c1-8(2)7-11(16)12(18)17-9-3-5-10(6-4-9)19-13(14)15/h3-6,8,11,13H,7,16H2,1-2H3,(H,17,18)/t11-/m1/s1. The van der Waals surface area contributed by atoms with E-state index in [1.54, 1.807) is 24.3 Å². The summed E-state index contributed by atoms with van der Waals surface area (Å²) in [5.74, 6) is -2.37. The van der Waals surface area contributed by atoms with Gasteiger partial charge in [0.15, 0.2) is 0 Å². The summed E-state index contributed by atoms with van der Waals surface area (Å²) in [6.07, 6.45) is 0.602. The van der Waals surface area contributed by atoms with Crippen molar-refractivity contribution in [2.45, 2.75) is 37.0 Å². The van der Waals surface area contributed by atoms with Gasteiger partial charge >= 0.3 is 0 Å². The molecular formula is C13H18F2N2OS. The lowest BCUT2D eigenvalue weighted by atomic mass is 10.0. The van der Waals surface area contributed by atoms with E-state index in [1.807, 2.05) is 13.8 Å². The molecule has 3 N–H and O–H groups in total. The Morgan fingerprint density at radius 3 is 2.37 bits per heavy atom. The number of hydrogen-bond donors (Lipinski definition) is 2. The van der Waals surface area contributed by atoms with Crippen LogP contribution in [-0.4, -0.2) is 17.7 Å². The van der Waals surface area contributed by atoms with Crippen LogP contribution in [0.15, 0.2) is 29.2 Å². The predicted molar refractivity (Wildman–Crippen MR) is 74.4 cm³/mol. The first-order valence-corrected chi connectivity index (χ1v) is 6.87. The Bertz CT molecular complexity index is 410. The van der Waals surface area contributed by atoms with Crippen LogP contribution >= 0.6 is 11.8 Å². The van der Waals surface area contributed by atoms with Crippen molar-refractivity contribution in [1.82, 2.24) is 0 Å². The maximum Gasteiger partial charge on any atom is 0.288 e. The highest BCUT2D eigenvalue weighted by Crippen LogP contribution is 2.26. The maximum absolute atomic E-state index is 12.1. The molecule has 0 fully saturated rings. The Morgan fingerprint density at radius 1 is 1.32 bits per heavy atom. The van der Waals surface area contributed by atoms with Gasteiger partial charge < -0.3 is 11.1 Å². The normalized spacial score (nSPS) is 12.8. The smallest absolute Gasteiger partial charge is 0.288 e. The van der Waals surface area contributed by atoms with Crippen molar-refractivity contribution < 1.29 is 13.6 Å². The molecule has 0 aliphatic rings. The monoisotopic (exact) mass is 288 g/mol. The fraction of sp³-hybridized carbons (Fsp3) is 0.462. The quantitative estimate of drug-likeness (QED) is 0.790. The summed E-state index contributed by atoms with van der Waals surface area (Å²) in [6, 6.07) is 5.70. The van der Waals surface area contributed by atoms with Crippen molar-refractivity contribution in [2.75, 3.05) is 5.32 Å². The van der Waals surface area contributed by atoms with Crippen molar-refractivity contribution in [3.05, 3.63) is 24.3 Å². The SMILES string of the molecule is CC(C)C[C@@H](N)C(=O)Nc1ccc(SC(F)F)cc1. The third-order valence-corrected chi connectivity index (χ3v) is 3.13. The highest BCUT2D eigenvalue weighted by molar-refractivity contribution is 7.99. The number of halogens is 2. The van der Waals surface area contributed by atoms with Crippen LogP contribution in [0.2, 0.25) is 0 Å². The predicted octanol–water partition coefficient (Wildman–Crippen LogP) is 3.31. The van der Waals surface area contributed by atoms with Gasteiger partial charge in [0.05, 0.1) is 6.04 Å². The molecule has 106 valence electrons. The van der Waals surface area contributed by atoms with E-state index in [0.717, 1.165) is 0 Å². The number of amides is 1. The van der Waals surface area contributed by atoms with Gasteiger partial charge in [-0.1, -0.05) is 25.6 Å². The Morgan fingerprint density at radius 2 is 1.89 bits per heavy atom. The number of carbonyl (C=O) groups is 1. The van der Waals surface area contributed by atoms with Crippen LogP contribution in [0.1, 0.15) is 20.3 Å². The van der Waals surface area contributed by atoms with E-state index in [2.05, 4.69) is 5.32 Å². The third-order valence-electron chi connectivity index (χ3n) is 2.41. The average molecular weight is 288 g/mol. The van der Waals surface area contributed by atoms with Crippen LogP contribution in [-0.2, 0) is 4.79 Å². The van der Waals surface area contributed by atoms with E-state index in [9.17, 15) is 13.6 Å². The first-order valence-electron chi connectivity index (χ1n) is 5.99. The van der Waals surface area contributed by atoms with Gasteiger partial charge in [-0.2, -0.15) is 8.78 Å². The first-order chi connectivity index (χ1) is 8.88. The van der Waals surface area contributed by atoms with Gasteiger partial charge in [0.2, 0.25) is 5.91 Å². The summed E-state index contributed by atoms with van der Waals surface area (Å²) >= 11 is 0.470. The first kappa shape index (κ1) is 15.9. The number of hydrogen-bond acceptors (Lipinski definition) is 3. The van der Waals surface area contributed by atoms with Gasteiger partial charge in [-0.25, -0.2) is 0 Å². The fourth-order valence-corrected chi connectivity index (χ4v) is 2.07. The number of thioether (sulfide) groups is 1. The molecule has 0 radical (unpaired) electrons. The van der Waals surface area contributed by atoms with Gasteiger partial charge in [0.1, 0.15) is 0 Å². The van der Waals surface area contributed by atoms with Crippen molar-refractivity contribution in [1.29, 1.82) is 0 Å². The van der Waals surface area contributed by atoms with E-state index in [4.69, 9.17) is 5.73 Å². The zero-order valence-corrected chi connectivity index (χ0v) is 11.7. The largest absolute Gasteiger partial charge is 0.325 e. The third kappa shape index (κ3) is 6.02. The fourth-order valence-electron chi connectivity index (χ4n) is 1.57. The lowest BCUT2D eigenvalue weighted by Crippen LogP contribution is -2.36. The zero-order valence-electron chi connectivity index (χ0n) is 10.9. The Kier molecular flexibility index (Phi) is 6.24. The second-order valence-corrected chi connectivity index (χ2v) is 5.69. The lowest BCUT2D eigenvalue weighted by Gasteiger charge is -2.14. The molecule has 19 heavy (non-hydrogen) atoms. The van der Waals surface area contributed by atoms with E-state index in [0.29, 0.717) is 34.7 Å². The minimum atomic E-state index is -2.44. The summed E-state index contributed by atoms with van der Waals surface area (Å²) < 4.78 is 24.3. The number of anilines is 1. The van der Waals surface area contributed by atoms with E-state index in [-0.39, 0.29) is 5.91 Å². The minimum Gasteiger partial charge on any atom is -0.325 e. The molecule has 0 unspecified atom stereocenters. The van der Waals surface area contributed by atoms with Gasteiger partial charge in [-0.15, -0.1) is 0 Å². The summed E-state index contributed by atoms with van der Waals surface area (Å²) in [4.78, 5) is 12.2. The molecule has 0 saturated carbocycles. The average Bonchev–Trinajstić information content (AvgIpc) is 2.30. The zero-order chi connectivity index (χ0) is 14.4. The number of nitrogens with two attached hydrogens (primary N) is 1. The Labute approximate surface area is 115 Å². The number of rotatable bonds is 6. The Hall–Kier alpha value is -1.14. The number of alkyl halides is 2.